The summed E-state index contributed by atoms with van der Waals surface area (Å²) in [5.41, 5.74) is 0. The van der Waals surface area contributed by atoms with Crippen LogP contribution in [0.4, 0.5) is 0 Å². The van der Waals surface area contributed by atoms with Gasteiger partial charge in [0.1, 0.15) is 0 Å². The minimum absolute atomic E-state index is 0.0222. The fourth-order valence-electron chi connectivity index (χ4n) is 10.3. The van der Waals surface area contributed by atoms with Crippen LogP contribution in [0.25, 0.3) is 0 Å². The first-order valence-corrected chi connectivity index (χ1v) is 32.5. The van der Waals surface area contributed by atoms with Crippen molar-refractivity contribution in [2.75, 3.05) is 13.2 Å². The smallest absolute Gasteiger partial charge is 0.305 e. The molecule has 0 aliphatic heterocycles. The third-order valence-corrected chi connectivity index (χ3v) is 15.3. The number of hydrogen-bond acceptors (Lipinski definition) is 5. The van der Waals surface area contributed by atoms with Gasteiger partial charge in [0, 0.05) is 12.8 Å². The maximum Gasteiger partial charge on any atom is 0.305 e. The Morgan fingerprint density at radius 1 is 0.380 bits per heavy atom. The molecular formula is C65H127NO5. The first-order valence-electron chi connectivity index (χ1n) is 32.5. The van der Waals surface area contributed by atoms with Crippen molar-refractivity contribution in [1.29, 1.82) is 0 Å². The monoisotopic (exact) mass is 1000 g/mol. The molecule has 0 saturated heterocycles. The van der Waals surface area contributed by atoms with Gasteiger partial charge in [0.15, 0.2) is 0 Å². The highest BCUT2D eigenvalue weighted by atomic mass is 16.5. The average Bonchev–Trinajstić information content (AvgIpc) is 3.37. The number of ether oxygens (including phenoxy) is 1. The lowest BCUT2D eigenvalue weighted by Crippen LogP contribution is -2.45. The first-order chi connectivity index (χ1) is 35.0. The molecule has 422 valence electrons. The van der Waals surface area contributed by atoms with E-state index in [1.807, 2.05) is 6.08 Å². The molecule has 6 nitrogen and oxygen atoms in total. The SMILES string of the molecule is CCCCCCCCCC/C=C/C(O)C(CO)NC(=O)CCCCCCCCCCCCCCCCCCCCCCCCCCCCCOC(=O)CCCCCCCCCCCCCCCCCCC. The van der Waals surface area contributed by atoms with Gasteiger partial charge in [-0.1, -0.05) is 334 Å². The second kappa shape index (κ2) is 61.1. The molecule has 71 heavy (non-hydrogen) atoms. The number of rotatable bonds is 61. The fourth-order valence-corrected chi connectivity index (χ4v) is 10.3. The van der Waals surface area contributed by atoms with Gasteiger partial charge in [-0.2, -0.15) is 0 Å². The van der Waals surface area contributed by atoms with Crippen LogP contribution in [-0.4, -0.2) is 47.4 Å². The van der Waals surface area contributed by atoms with Gasteiger partial charge in [0.25, 0.3) is 0 Å². The zero-order chi connectivity index (χ0) is 51.4. The summed E-state index contributed by atoms with van der Waals surface area (Å²) < 4.78 is 5.50. The molecule has 2 atom stereocenters. The van der Waals surface area contributed by atoms with Gasteiger partial charge < -0.3 is 20.3 Å². The zero-order valence-electron chi connectivity index (χ0n) is 48.2. The van der Waals surface area contributed by atoms with E-state index < -0.39 is 12.1 Å². The van der Waals surface area contributed by atoms with Crippen LogP contribution in [0.1, 0.15) is 367 Å². The molecule has 0 spiro atoms. The van der Waals surface area contributed by atoms with Crippen LogP contribution in [0.15, 0.2) is 12.2 Å². The molecule has 0 rings (SSSR count). The summed E-state index contributed by atoms with van der Waals surface area (Å²) in [7, 11) is 0. The summed E-state index contributed by atoms with van der Waals surface area (Å²) in [4.78, 5) is 24.5. The van der Waals surface area contributed by atoms with Crippen LogP contribution >= 0.6 is 0 Å². The summed E-state index contributed by atoms with van der Waals surface area (Å²) in [6.07, 6.45) is 74.2. The molecule has 0 fully saturated rings. The Morgan fingerprint density at radius 3 is 0.958 bits per heavy atom. The van der Waals surface area contributed by atoms with E-state index in [1.165, 1.54) is 302 Å². The normalized spacial score (nSPS) is 12.6. The van der Waals surface area contributed by atoms with Gasteiger partial charge in [0.05, 0.1) is 25.4 Å². The number of nitrogens with one attached hydrogen (secondary N) is 1. The molecule has 0 bridgehead atoms. The predicted octanol–water partition coefficient (Wildman–Crippen LogP) is 20.4. The van der Waals surface area contributed by atoms with Gasteiger partial charge in [-0.25, -0.2) is 0 Å². The maximum absolute atomic E-state index is 12.4. The van der Waals surface area contributed by atoms with Crippen molar-refractivity contribution in [2.24, 2.45) is 0 Å². The minimum Gasteiger partial charge on any atom is -0.466 e. The highest BCUT2D eigenvalue weighted by molar-refractivity contribution is 5.76. The number of esters is 1. The van der Waals surface area contributed by atoms with E-state index in [0.29, 0.717) is 19.4 Å². The molecule has 3 N–H and O–H groups in total. The van der Waals surface area contributed by atoms with Crippen molar-refractivity contribution in [1.82, 2.24) is 5.32 Å². The molecule has 2 unspecified atom stereocenters. The van der Waals surface area contributed by atoms with Crippen molar-refractivity contribution in [3.05, 3.63) is 12.2 Å². The average molecular weight is 1000 g/mol. The second-order valence-electron chi connectivity index (χ2n) is 22.5. The summed E-state index contributed by atoms with van der Waals surface area (Å²) >= 11 is 0. The topological polar surface area (TPSA) is 95.9 Å². The fraction of sp³-hybridized carbons (Fsp3) is 0.938. The molecular weight excluding hydrogens is 875 g/mol. The van der Waals surface area contributed by atoms with E-state index in [0.717, 1.165) is 38.5 Å². The molecule has 0 aliphatic rings. The Labute approximate surface area is 444 Å². The highest BCUT2D eigenvalue weighted by Gasteiger charge is 2.18. The number of carbonyl (C=O) groups excluding carboxylic acids is 2. The largest absolute Gasteiger partial charge is 0.466 e. The van der Waals surface area contributed by atoms with Crippen molar-refractivity contribution in [3.8, 4) is 0 Å². The van der Waals surface area contributed by atoms with E-state index in [1.54, 1.807) is 6.08 Å². The number of carbonyl (C=O) groups is 2. The van der Waals surface area contributed by atoms with Crippen LogP contribution in [0.5, 0.6) is 0 Å². The molecule has 0 aliphatic carbocycles. The van der Waals surface area contributed by atoms with Gasteiger partial charge >= 0.3 is 5.97 Å². The molecule has 0 aromatic rings. The van der Waals surface area contributed by atoms with Crippen LogP contribution in [0, 0.1) is 0 Å². The molecule has 0 radical (unpaired) electrons. The predicted molar refractivity (Wildman–Crippen MR) is 310 cm³/mol. The maximum atomic E-state index is 12.4. The molecule has 0 aromatic heterocycles. The Balaban J connectivity index is 3.31. The lowest BCUT2D eigenvalue weighted by atomic mass is 10.0. The van der Waals surface area contributed by atoms with Crippen molar-refractivity contribution in [2.45, 2.75) is 379 Å². The van der Waals surface area contributed by atoms with Crippen molar-refractivity contribution >= 4 is 11.9 Å². The van der Waals surface area contributed by atoms with Gasteiger partial charge in [0.2, 0.25) is 5.91 Å². The lowest BCUT2D eigenvalue weighted by Gasteiger charge is -2.20. The third-order valence-electron chi connectivity index (χ3n) is 15.3. The van der Waals surface area contributed by atoms with E-state index in [4.69, 9.17) is 4.74 Å². The quantitative estimate of drug-likeness (QED) is 0.0320. The van der Waals surface area contributed by atoms with E-state index in [-0.39, 0.29) is 18.5 Å². The molecule has 6 heteroatoms. The Bertz CT molecular complexity index is 1060. The van der Waals surface area contributed by atoms with Crippen molar-refractivity contribution in [3.63, 3.8) is 0 Å². The standard InChI is InChI=1S/C65H127NO5/c1-3-5-7-9-11-13-15-16-17-29-33-36-39-43-47-51-55-59-65(70)71-60-56-52-48-44-40-37-34-31-28-26-24-22-20-18-19-21-23-25-27-30-32-35-38-42-46-50-54-58-64(69)66-62(61-67)63(68)57-53-49-45-41-14-12-10-8-6-4-2/h53,57,62-63,67-68H,3-52,54-56,58-61H2,1-2H3,(H,66,69)/b57-53+. The zero-order valence-corrected chi connectivity index (χ0v) is 48.2. The number of aliphatic hydroxyl groups is 2. The lowest BCUT2D eigenvalue weighted by molar-refractivity contribution is -0.143. The van der Waals surface area contributed by atoms with E-state index in [2.05, 4.69) is 19.2 Å². The second-order valence-corrected chi connectivity index (χ2v) is 22.5. The summed E-state index contributed by atoms with van der Waals surface area (Å²) in [5.74, 6) is -0.0433. The van der Waals surface area contributed by atoms with Crippen LogP contribution in [0.3, 0.4) is 0 Å². The minimum atomic E-state index is -0.840. The van der Waals surface area contributed by atoms with E-state index in [9.17, 15) is 19.8 Å². The molecule has 0 heterocycles. The van der Waals surface area contributed by atoms with Crippen LogP contribution in [0.2, 0.25) is 0 Å². The van der Waals surface area contributed by atoms with Gasteiger partial charge in [-0.3, -0.25) is 9.59 Å². The summed E-state index contributed by atoms with van der Waals surface area (Å²) in [5, 5.41) is 23.0. The number of hydrogen-bond donors (Lipinski definition) is 3. The van der Waals surface area contributed by atoms with Crippen LogP contribution in [-0.2, 0) is 14.3 Å². The Hall–Kier alpha value is -1.40. The molecule has 0 saturated carbocycles. The van der Waals surface area contributed by atoms with Crippen LogP contribution < -0.4 is 5.32 Å². The third kappa shape index (κ3) is 57.7. The van der Waals surface area contributed by atoms with Gasteiger partial charge in [-0.15, -0.1) is 0 Å². The Morgan fingerprint density at radius 2 is 0.648 bits per heavy atom. The molecule has 0 aromatic carbocycles. The summed E-state index contributed by atoms with van der Waals surface area (Å²) in [6.45, 7) is 4.92. The number of allylic oxidation sites excluding steroid dienone is 1. The first kappa shape index (κ1) is 69.6. The summed E-state index contributed by atoms with van der Waals surface area (Å²) in [6, 6.07) is -0.623. The van der Waals surface area contributed by atoms with E-state index >= 15 is 0 Å². The Kier molecular flexibility index (Phi) is 59.9. The number of aliphatic hydroxyl groups excluding tert-OH is 2. The number of amides is 1. The highest BCUT2D eigenvalue weighted by Crippen LogP contribution is 2.18. The molecule has 1 amide bonds. The van der Waals surface area contributed by atoms with Crippen molar-refractivity contribution < 1.29 is 24.5 Å². The number of unbranched alkanes of at least 4 members (excludes halogenated alkanes) is 50. The van der Waals surface area contributed by atoms with Gasteiger partial charge in [-0.05, 0) is 32.1 Å².